The van der Waals surface area contributed by atoms with Crippen LogP contribution in [-0.4, -0.2) is 57.2 Å². The minimum atomic E-state index is -0.764. The molecule has 1 aliphatic rings. The molecule has 0 amide bonds. The van der Waals surface area contributed by atoms with Crippen LogP contribution in [-0.2, 0) is 23.9 Å². The molecule has 124 valence electrons. The minimum Gasteiger partial charge on any atom is -0.469 e. The van der Waals surface area contributed by atoms with Gasteiger partial charge in [0.05, 0.1) is 26.2 Å². The van der Waals surface area contributed by atoms with Crippen molar-refractivity contribution >= 4 is 17.8 Å². The lowest BCUT2D eigenvalue weighted by atomic mass is 9.99. The number of amidine groups is 1. The molecule has 1 rings (SSSR count). The highest BCUT2D eigenvalue weighted by Gasteiger charge is 2.31. The predicted octanol–water partition coefficient (Wildman–Crippen LogP) is -1.15. The fourth-order valence-electron chi connectivity index (χ4n) is 1.73. The summed E-state index contributed by atoms with van der Waals surface area (Å²) >= 11 is 0. The van der Waals surface area contributed by atoms with Crippen molar-refractivity contribution in [2.75, 3.05) is 33.9 Å². The van der Waals surface area contributed by atoms with Crippen LogP contribution in [0.2, 0.25) is 0 Å². The van der Waals surface area contributed by atoms with E-state index < -0.39 is 17.5 Å². The van der Waals surface area contributed by atoms with Crippen LogP contribution in [0.15, 0.2) is 17.0 Å². The Morgan fingerprint density at radius 3 is 2.59 bits per heavy atom. The van der Waals surface area contributed by atoms with Gasteiger partial charge in [0, 0.05) is 19.6 Å². The minimum absolute atomic E-state index is 0.145. The number of rotatable bonds is 6. The summed E-state index contributed by atoms with van der Waals surface area (Å²) in [6.45, 7) is 3.99. The molecule has 0 aromatic rings. The number of methoxy groups -OCH3 is 2. The molecule has 1 unspecified atom stereocenters. The van der Waals surface area contributed by atoms with E-state index in [0.29, 0.717) is 6.54 Å². The fourth-order valence-corrected chi connectivity index (χ4v) is 1.73. The topological polar surface area (TPSA) is 124 Å². The van der Waals surface area contributed by atoms with Gasteiger partial charge in [-0.3, -0.25) is 4.79 Å². The molecule has 1 fully saturated rings. The molecule has 1 heterocycles. The smallest absolute Gasteiger partial charge is 0.376 e. The Bertz CT molecular complexity index is 469. The van der Waals surface area contributed by atoms with Crippen LogP contribution in [0, 0.1) is 0 Å². The van der Waals surface area contributed by atoms with Gasteiger partial charge in [-0.05, 0) is 13.0 Å². The molecular formula is C13H22N4O5. The maximum atomic E-state index is 11.6. The van der Waals surface area contributed by atoms with Gasteiger partial charge in [0.2, 0.25) is 5.76 Å². The first kappa shape index (κ1) is 17.9. The highest BCUT2D eigenvalue weighted by Crippen LogP contribution is 2.09. The predicted molar refractivity (Wildman–Crippen MR) is 78.7 cm³/mol. The SMILES string of the molecule is COC(=O)C/C=C(/O/N=C(\N)C1(C)CNCCN1)C(=O)OC. The van der Waals surface area contributed by atoms with E-state index in [1.54, 1.807) is 0 Å². The molecule has 9 heteroatoms. The van der Waals surface area contributed by atoms with Gasteiger partial charge in [-0.25, -0.2) is 4.79 Å². The van der Waals surface area contributed by atoms with Gasteiger partial charge in [0.1, 0.15) is 0 Å². The van der Waals surface area contributed by atoms with Gasteiger partial charge in [-0.2, -0.15) is 0 Å². The molecule has 0 bridgehead atoms. The van der Waals surface area contributed by atoms with Crippen LogP contribution in [0.3, 0.4) is 0 Å². The van der Waals surface area contributed by atoms with Crippen LogP contribution in [0.1, 0.15) is 13.3 Å². The van der Waals surface area contributed by atoms with Crippen LogP contribution in [0.5, 0.6) is 0 Å². The Morgan fingerprint density at radius 1 is 1.32 bits per heavy atom. The summed E-state index contributed by atoms with van der Waals surface area (Å²) in [7, 11) is 2.44. The van der Waals surface area contributed by atoms with Gasteiger partial charge in [0.15, 0.2) is 5.84 Å². The quantitative estimate of drug-likeness (QED) is 0.140. The summed E-state index contributed by atoms with van der Waals surface area (Å²) < 4.78 is 9.04. The molecule has 0 radical (unpaired) electrons. The van der Waals surface area contributed by atoms with E-state index in [0.717, 1.165) is 13.1 Å². The average Bonchev–Trinajstić information content (AvgIpc) is 2.54. The maximum absolute atomic E-state index is 11.6. The highest BCUT2D eigenvalue weighted by molar-refractivity contribution is 5.90. The van der Waals surface area contributed by atoms with E-state index in [1.807, 2.05) is 6.92 Å². The number of carbonyl (C=O) groups excluding carboxylic acids is 2. The molecule has 1 atom stereocenters. The molecule has 9 nitrogen and oxygen atoms in total. The number of nitrogens with one attached hydrogen (secondary N) is 2. The molecule has 22 heavy (non-hydrogen) atoms. The van der Waals surface area contributed by atoms with Crippen LogP contribution in [0.25, 0.3) is 0 Å². The monoisotopic (exact) mass is 314 g/mol. The number of hydrogen-bond acceptors (Lipinski definition) is 8. The second-order valence-corrected chi connectivity index (χ2v) is 4.84. The zero-order valence-electron chi connectivity index (χ0n) is 13.0. The van der Waals surface area contributed by atoms with Crippen LogP contribution in [0.4, 0.5) is 0 Å². The van der Waals surface area contributed by atoms with E-state index >= 15 is 0 Å². The number of nitrogens with zero attached hydrogens (tertiary/aromatic N) is 1. The van der Waals surface area contributed by atoms with Crippen molar-refractivity contribution in [1.29, 1.82) is 0 Å². The van der Waals surface area contributed by atoms with E-state index in [9.17, 15) is 9.59 Å². The first-order valence-electron chi connectivity index (χ1n) is 6.75. The third kappa shape index (κ3) is 5.01. The third-order valence-corrected chi connectivity index (χ3v) is 3.17. The van der Waals surface area contributed by atoms with Crippen molar-refractivity contribution in [3.63, 3.8) is 0 Å². The fraction of sp³-hybridized carbons (Fsp3) is 0.615. The van der Waals surface area contributed by atoms with Gasteiger partial charge in [0.25, 0.3) is 0 Å². The largest absolute Gasteiger partial charge is 0.469 e. The molecule has 4 N–H and O–H groups in total. The molecule has 0 saturated carbocycles. The summed E-state index contributed by atoms with van der Waals surface area (Å²) in [4.78, 5) is 27.7. The average molecular weight is 314 g/mol. The van der Waals surface area contributed by atoms with Crippen molar-refractivity contribution in [3.05, 3.63) is 11.8 Å². The normalized spacial score (nSPS) is 22.9. The Hall–Kier alpha value is -2.13. The summed E-state index contributed by atoms with van der Waals surface area (Å²) in [6, 6.07) is 0. The number of esters is 2. The summed E-state index contributed by atoms with van der Waals surface area (Å²) in [5.41, 5.74) is 5.32. The Kier molecular flexibility index (Phi) is 6.80. The van der Waals surface area contributed by atoms with Crippen molar-refractivity contribution in [2.45, 2.75) is 18.9 Å². The first-order chi connectivity index (χ1) is 10.4. The van der Waals surface area contributed by atoms with E-state index in [-0.39, 0.29) is 18.0 Å². The molecule has 1 aliphatic heterocycles. The number of carbonyl (C=O) groups is 2. The molecule has 0 spiro atoms. The van der Waals surface area contributed by atoms with Crippen molar-refractivity contribution in [1.82, 2.24) is 10.6 Å². The summed E-state index contributed by atoms with van der Waals surface area (Å²) in [5, 5.41) is 10.2. The standard InChI is InChI=1S/C13H22N4O5/c1-13(8-15-6-7-16-13)12(14)17-22-9(11(19)21-3)4-5-10(18)20-2/h4,15-16H,5-8H2,1-3H3,(H2,14,17)/b9-4+. The Labute approximate surface area is 128 Å². The van der Waals surface area contributed by atoms with Crippen molar-refractivity contribution < 1.29 is 23.9 Å². The molecular weight excluding hydrogens is 292 g/mol. The van der Waals surface area contributed by atoms with Gasteiger partial charge in [-0.1, -0.05) is 5.16 Å². The molecule has 0 aromatic carbocycles. The number of hydrogen-bond donors (Lipinski definition) is 3. The van der Waals surface area contributed by atoms with Gasteiger partial charge < -0.3 is 30.7 Å². The van der Waals surface area contributed by atoms with Crippen LogP contribution < -0.4 is 16.4 Å². The van der Waals surface area contributed by atoms with Crippen LogP contribution >= 0.6 is 0 Å². The lowest BCUT2D eigenvalue weighted by Gasteiger charge is -2.34. The third-order valence-electron chi connectivity index (χ3n) is 3.17. The molecule has 1 saturated heterocycles. The lowest BCUT2D eigenvalue weighted by molar-refractivity contribution is -0.140. The zero-order chi connectivity index (χ0) is 16.6. The first-order valence-corrected chi connectivity index (χ1v) is 6.75. The van der Waals surface area contributed by atoms with E-state index in [1.165, 1.54) is 20.3 Å². The lowest BCUT2D eigenvalue weighted by Crippen LogP contribution is -2.64. The zero-order valence-corrected chi connectivity index (χ0v) is 13.0. The van der Waals surface area contributed by atoms with E-state index in [2.05, 4.69) is 25.3 Å². The Morgan fingerprint density at radius 2 is 2.05 bits per heavy atom. The maximum Gasteiger partial charge on any atom is 0.376 e. The second-order valence-electron chi connectivity index (χ2n) is 4.84. The number of piperazine rings is 1. The van der Waals surface area contributed by atoms with Crippen molar-refractivity contribution in [3.8, 4) is 0 Å². The number of oxime groups is 1. The van der Waals surface area contributed by atoms with E-state index in [4.69, 9.17) is 10.6 Å². The molecule has 0 aromatic heterocycles. The highest BCUT2D eigenvalue weighted by atomic mass is 16.7. The van der Waals surface area contributed by atoms with Gasteiger partial charge >= 0.3 is 11.9 Å². The Balaban J connectivity index is 2.78. The second kappa shape index (κ2) is 8.35. The van der Waals surface area contributed by atoms with Crippen molar-refractivity contribution in [2.24, 2.45) is 10.9 Å². The number of ether oxygens (including phenoxy) is 2. The molecule has 0 aliphatic carbocycles. The van der Waals surface area contributed by atoms with Gasteiger partial charge in [-0.15, -0.1) is 0 Å². The number of nitrogens with two attached hydrogens (primary N) is 1. The summed E-state index contributed by atoms with van der Waals surface area (Å²) in [5.74, 6) is -1.34. The summed E-state index contributed by atoms with van der Waals surface area (Å²) in [6.07, 6.45) is 1.08.